The number of likely N-dealkylation sites (tertiary alicyclic amines) is 1. The molecule has 28 heavy (non-hydrogen) atoms. The van der Waals surface area contributed by atoms with Gasteiger partial charge >= 0.3 is 0 Å². The summed E-state index contributed by atoms with van der Waals surface area (Å²) in [6.07, 6.45) is 0.515. The molecule has 0 bridgehead atoms. The minimum absolute atomic E-state index is 0.228. The third-order valence-electron chi connectivity index (χ3n) is 5.30. The molecule has 0 spiro atoms. The molecule has 0 radical (unpaired) electrons. The molecular formula is C22H21N3O3. The van der Waals surface area contributed by atoms with Crippen molar-refractivity contribution < 1.29 is 14.3 Å². The predicted molar refractivity (Wildman–Crippen MR) is 106 cm³/mol. The van der Waals surface area contributed by atoms with Gasteiger partial charge in [0.05, 0.1) is 18.0 Å². The van der Waals surface area contributed by atoms with Gasteiger partial charge in [-0.05, 0) is 24.1 Å². The molecule has 1 aromatic heterocycles. The van der Waals surface area contributed by atoms with Crippen molar-refractivity contribution in [3.8, 4) is 5.75 Å². The van der Waals surface area contributed by atoms with Gasteiger partial charge in [0, 0.05) is 24.5 Å². The SMILES string of the molecule is COc1cc(C(=O)N2CC(Cc3ccccc3)(C(N)=O)C2)nc2ccccc12. The minimum Gasteiger partial charge on any atom is -0.496 e. The molecule has 4 rings (SSSR count). The van der Waals surface area contributed by atoms with Gasteiger partial charge in [0.15, 0.2) is 0 Å². The van der Waals surface area contributed by atoms with Crippen LogP contribution in [0.5, 0.6) is 5.75 Å². The number of nitrogens with two attached hydrogens (primary N) is 1. The number of carbonyl (C=O) groups is 2. The van der Waals surface area contributed by atoms with E-state index in [1.165, 1.54) is 0 Å². The first-order valence-corrected chi connectivity index (χ1v) is 9.09. The number of pyridine rings is 1. The Bertz CT molecular complexity index is 1040. The second-order valence-corrected chi connectivity index (χ2v) is 7.20. The van der Waals surface area contributed by atoms with E-state index in [4.69, 9.17) is 10.5 Å². The van der Waals surface area contributed by atoms with Crippen LogP contribution < -0.4 is 10.5 Å². The van der Waals surface area contributed by atoms with Gasteiger partial charge in [0.2, 0.25) is 5.91 Å². The van der Waals surface area contributed by atoms with Gasteiger partial charge < -0.3 is 15.4 Å². The summed E-state index contributed by atoms with van der Waals surface area (Å²) >= 11 is 0. The van der Waals surface area contributed by atoms with Crippen molar-refractivity contribution in [2.45, 2.75) is 6.42 Å². The van der Waals surface area contributed by atoms with Crippen molar-refractivity contribution in [2.24, 2.45) is 11.1 Å². The van der Waals surface area contributed by atoms with Crippen molar-refractivity contribution in [3.05, 3.63) is 71.9 Å². The Morgan fingerprint density at radius 1 is 1.11 bits per heavy atom. The molecule has 2 heterocycles. The summed E-state index contributed by atoms with van der Waals surface area (Å²) in [4.78, 5) is 31.2. The van der Waals surface area contributed by atoms with E-state index >= 15 is 0 Å². The first kappa shape index (κ1) is 18.0. The highest BCUT2D eigenvalue weighted by Crippen LogP contribution is 2.35. The van der Waals surface area contributed by atoms with Gasteiger partial charge in [-0.1, -0.05) is 42.5 Å². The predicted octanol–water partition coefficient (Wildman–Crippen LogP) is 2.41. The van der Waals surface area contributed by atoms with Crippen LogP contribution in [0.3, 0.4) is 0 Å². The number of rotatable bonds is 5. The lowest BCUT2D eigenvalue weighted by atomic mass is 9.74. The van der Waals surface area contributed by atoms with Crippen molar-refractivity contribution >= 4 is 22.7 Å². The monoisotopic (exact) mass is 375 g/mol. The molecule has 0 saturated carbocycles. The zero-order valence-corrected chi connectivity index (χ0v) is 15.6. The summed E-state index contributed by atoms with van der Waals surface area (Å²) in [5.41, 5.74) is 6.97. The molecule has 3 aromatic rings. The van der Waals surface area contributed by atoms with E-state index in [0.717, 1.165) is 10.9 Å². The van der Waals surface area contributed by atoms with Crippen LogP contribution in [0.2, 0.25) is 0 Å². The van der Waals surface area contributed by atoms with Crippen LogP contribution in [0.4, 0.5) is 0 Å². The molecular weight excluding hydrogens is 354 g/mol. The highest BCUT2D eigenvalue weighted by atomic mass is 16.5. The van der Waals surface area contributed by atoms with E-state index in [9.17, 15) is 9.59 Å². The van der Waals surface area contributed by atoms with E-state index < -0.39 is 5.41 Å². The van der Waals surface area contributed by atoms with E-state index in [1.54, 1.807) is 18.1 Å². The number of fused-ring (bicyclic) bond motifs is 1. The summed E-state index contributed by atoms with van der Waals surface area (Å²) in [7, 11) is 1.57. The molecule has 2 N–H and O–H groups in total. The summed E-state index contributed by atoms with van der Waals surface area (Å²) in [5.74, 6) is -0.0154. The second kappa shape index (κ2) is 6.96. The topological polar surface area (TPSA) is 85.5 Å². The van der Waals surface area contributed by atoms with Crippen LogP contribution in [-0.4, -0.2) is 41.9 Å². The maximum atomic E-state index is 13.0. The van der Waals surface area contributed by atoms with Gasteiger partial charge in [0.1, 0.15) is 11.4 Å². The maximum absolute atomic E-state index is 13.0. The molecule has 0 aliphatic carbocycles. The quantitative estimate of drug-likeness (QED) is 0.742. The Kier molecular flexibility index (Phi) is 4.47. The number of amides is 2. The lowest BCUT2D eigenvalue weighted by Crippen LogP contribution is -2.65. The standard InChI is InChI=1S/C22H21N3O3/c1-28-19-11-18(24-17-10-6-5-9-16(17)19)20(26)25-13-22(14-25,21(23)27)12-15-7-3-2-4-8-15/h2-11H,12-14H2,1H3,(H2,23,27). The van der Waals surface area contributed by atoms with Crippen molar-refractivity contribution in [2.75, 3.05) is 20.2 Å². The third-order valence-corrected chi connectivity index (χ3v) is 5.30. The van der Waals surface area contributed by atoms with Crippen LogP contribution >= 0.6 is 0 Å². The average Bonchev–Trinajstić information content (AvgIpc) is 2.69. The Hall–Kier alpha value is -3.41. The van der Waals surface area contributed by atoms with E-state index in [-0.39, 0.29) is 24.9 Å². The van der Waals surface area contributed by atoms with E-state index in [0.29, 0.717) is 23.4 Å². The fraction of sp³-hybridized carbons (Fsp3) is 0.227. The Balaban J connectivity index is 1.57. The molecule has 1 aliphatic rings. The first-order valence-electron chi connectivity index (χ1n) is 9.09. The largest absolute Gasteiger partial charge is 0.496 e. The van der Waals surface area contributed by atoms with Gasteiger partial charge in [-0.15, -0.1) is 0 Å². The Morgan fingerprint density at radius 2 is 1.79 bits per heavy atom. The molecule has 2 aromatic carbocycles. The highest BCUT2D eigenvalue weighted by molar-refractivity contribution is 5.98. The lowest BCUT2D eigenvalue weighted by molar-refractivity contribution is -0.135. The van der Waals surface area contributed by atoms with Gasteiger partial charge in [-0.25, -0.2) is 4.98 Å². The third kappa shape index (κ3) is 3.07. The summed E-state index contributed by atoms with van der Waals surface area (Å²) < 4.78 is 5.42. The van der Waals surface area contributed by atoms with Crippen molar-refractivity contribution in [3.63, 3.8) is 0 Å². The van der Waals surface area contributed by atoms with Crippen LogP contribution in [-0.2, 0) is 11.2 Å². The number of carbonyl (C=O) groups excluding carboxylic acids is 2. The lowest BCUT2D eigenvalue weighted by Gasteiger charge is -2.48. The number of hydrogen-bond acceptors (Lipinski definition) is 4. The summed E-state index contributed by atoms with van der Waals surface area (Å²) in [6, 6.07) is 18.9. The molecule has 6 nitrogen and oxygen atoms in total. The molecule has 1 saturated heterocycles. The Labute approximate surface area is 162 Å². The number of methoxy groups -OCH3 is 1. The van der Waals surface area contributed by atoms with E-state index in [1.807, 2.05) is 54.6 Å². The number of ether oxygens (including phenoxy) is 1. The smallest absolute Gasteiger partial charge is 0.272 e. The van der Waals surface area contributed by atoms with Gasteiger partial charge in [0.25, 0.3) is 5.91 Å². The molecule has 142 valence electrons. The average molecular weight is 375 g/mol. The number of nitrogens with zero attached hydrogens (tertiary/aromatic N) is 2. The summed E-state index contributed by atoms with van der Waals surface area (Å²) in [5, 5.41) is 0.848. The normalized spacial score (nSPS) is 15.1. The minimum atomic E-state index is -0.738. The van der Waals surface area contributed by atoms with Gasteiger partial charge in [-0.2, -0.15) is 0 Å². The second-order valence-electron chi connectivity index (χ2n) is 7.20. The number of hydrogen-bond donors (Lipinski definition) is 1. The molecule has 6 heteroatoms. The molecule has 2 amide bonds. The molecule has 1 fully saturated rings. The molecule has 0 atom stereocenters. The fourth-order valence-corrected chi connectivity index (χ4v) is 3.75. The zero-order chi connectivity index (χ0) is 19.7. The zero-order valence-electron chi connectivity index (χ0n) is 15.6. The number of para-hydroxylation sites is 1. The fourth-order valence-electron chi connectivity index (χ4n) is 3.75. The first-order chi connectivity index (χ1) is 13.5. The number of aromatic nitrogens is 1. The van der Waals surface area contributed by atoms with Crippen LogP contribution in [0.1, 0.15) is 16.1 Å². The van der Waals surface area contributed by atoms with Crippen molar-refractivity contribution in [1.82, 2.24) is 9.88 Å². The molecule has 1 aliphatic heterocycles. The van der Waals surface area contributed by atoms with Crippen molar-refractivity contribution in [1.29, 1.82) is 0 Å². The Morgan fingerprint density at radius 3 is 2.46 bits per heavy atom. The molecule has 0 unspecified atom stereocenters. The highest BCUT2D eigenvalue weighted by Gasteiger charge is 2.50. The van der Waals surface area contributed by atoms with Crippen LogP contribution in [0.25, 0.3) is 10.9 Å². The number of primary amides is 1. The maximum Gasteiger partial charge on any atom is 0.272 e. The van der Waals surface area contributed by atoms with Gasteiger partial charge in [-0.3, -0.25) is 9.59 Å². The van der Waals surface area contributed by atoms with Crippen LogP contribution in [0, 0.1) is 5.41 Å². The van der Waals surface area contributed by atoms with E-state index in [2.05, 4.69) is 4.98 Å². The van der Waals surface area contributed by atoms with Crippen LogP contribution in [0.15, 0.2) is 60.7 Å². The number of benzene rings is 2. The summed E-state index contributed by atoms with van der Waals surface area (Å²) in [6.45, 7) is 0.569.